The van der Waals surface area contributed by atoms with Crippen molar-refractivity contribution < 1.29 is 13.2 Å². The highest BCUT2D eigenvalue weighted by molar-refractivity contribution is 7.91. The molecule has 0 spiro atoms. The van der Waals surface area contributed by atoms with Gasteiger partial charge in [0.1, 0.15) is 0 Å². The number of fused-ring (bicyclic) bond motifs is 1. The van der Waals surface area contributed by atoms with Crippen molar-refractivity contribution in [2.45, 2.75) is 31.2 Å². The van der Waals surface area contributed by atoms with Crippen molar-refractivity contribution in [1.82, 2.24) is 10.2 Å². The molecule has 1 amide bonds. The summed E-state index contributed by atoms with van der Waals surface area (Å²) in [6, 6.07) is 14.7. The van der Waals surface area contributed by atoms with Crippen LogP contribution in [0.25, 0.3) is 0 Å². The van der Waals surface area contributed by atoms with Gasteiger partial charge in [0.15, 0.2) is 9.84 Å². The summed E-state index contributed by atoms with van der Waals surface area (Å²) in [6.07, 6.45) is 1.96. The Bertz CT molecular complexity index is 892. The van der Waals surface area contributed by atoms with Gasteiger partial charge in [0.2, 0.25) is 0 Å². The second-order valence-corrected chi connectivity index (χ2v) is 9.11. The summed E-state index contributed by atoms with van der Waals surface area (Å²) < 4.78 is 23.6. The Balaban J connectivity index is 1.44. The third-order valence-electron chi connectivity index (χ3n) is 5.00. The number of carbonyl (C=O) groups is 1. The molecular weight excluding hydrogens is 360 g/mol. The molecule has 0 fully saturated rings. The third kappa shape index (κ3) is 4.96. The van der Waals surface area contributed by atoms with E-state index in [1.54, 1.807) is 19.1 Å². The van der Waals surface area contributed by atoms with Crippen LogP contribution >= 0.6 is 0 Å². The summed E-state index contributed by atoms with van der Waals surface area (Å²) >= 11 is 0. The molecule has 6 heteroatoms. The van der Waals surface area contributed by atoms with E-state index in [1.165, 1.54) is 23.3 Å². The van der Waals surface area contributed by atoms with Crippen LogP contribution in [0.4, 0.5) is 0 Å². The molecule has 0 aliphatic carbocycles. The lowest BCUT2D eigenvalue weighted by molar-refractivity contribution is 0.0951. The summed E-state index contributed by atoms with van der Waals surface area (Å²) in [7, 11) is -3.23. The van der Waals surface area contributed by atoms with Gasteiger partial charge in [0, 0.05) is 31.7 Å². The quantitative estimate of drug-likeness (QED) is 0.743. The van der Waals surface area contributed by atoms with E-state index in [-0.39, 0.29) is 16.6 Å². The molecule has 0 unspecified atom stereocenters. The third-order valence-corrected chi connectivity index (χ3v) is 6.75. The van der Waals surface area contributed by atoms with E-state index in [2.05, 4.69) is 34.5 Å². The lowest BCUT2D eigenvalue weighted by atomic mass is 10.00. The van der Waals surface area contributed by atoms with E-state index in [0.717, 1.165) is 32.5 Å². The Kier molecular flexibility index (Phi) is 6.29. The predicted octanol–water partition coefficient (Wildman–Crippen LogP) is 2.66. The number of nitrogens with zero attached hydrogens (tertiary/aromatic N) is 1. The number of sulfone groups is 1. The summed E-state index contributed by atoms with van der Waals surface area (Å²) in [5.41, 5.74) is 3.32. The van der Waals surface area contributed by atoms with Crippen LogP contribution in [0.3, 0.4) is 0 Å². The van der Waals surface area contributed by atoms with Crippen molar-refractivity contribution in [3.05, 3.63) is 65.2 Å². The molecule has 0 aromatic heterocycles. The first kappa shape index (κ1) is 19.6. The summed E-state index contributed by atoms with van der Waals surface area (Å²) in [5.74, 6) is -0.112. The monoisotopic (exact) mass is 386 g/mol. The van der Waals surface area contributed by atoms with Crippen molar-refractivity contribution in [1.29, 1.82) is 0 Å². The topological polar surface area (TPSA) is 66.5 Å². The summed E-state index contributed by atoms with van der Waals surface area (Å²) in [6.45, 7) is 5.18. The number of rotatable bonds is 7. The van der Waals surface area contributed by atoms with E-state index in [1.807, 2.05) is 0 Å². The predicted molar refractivity (Wildman–Crippen MR) is 107 cm³/mol. The van der Waals surface area contributed by atoms with Crippen LogP contribution in [-0.4, -0.2) is 44.6 Å². The SMILES string of the molecule is CCS(=O)(=O)c1ccc(C(=O)NCCCN2CCc3ccccc3C2)cc1. The van der Waals surface area contributed by atoms with Crippen LogP contribution in [0.15, 0.2) is 53.4 Å². The van der Waals surface area contributed by atoms with Crippen molar-refractivity contribution in [3.8, 4) is 0 Å². The normalized spacial score (nSPS) is 14.6. The maximum Gasteiger partial charge on any atom is 0.251 e. The van der Waals surface area contributed by atoms with Gasteiger partial charge >= 0.3 is 0 Å². The number of carbonyl (C=O) groups excluding carboxylic acids is 1. The van der Waals surface area contributed by atoms with Gasteiger partial charge in [0.25, 0.3) is 5.91 Å². The molecule has 0 atom stereocenters. The molecule has 3 rings (SSSR count). The van der Waals surface area contributed by atoms with Crippen LogP contribution < -0.4 is 5.32 Å². The number of hydrogen-bond acceptors (Lipinski definition) is 4. The van der Waals surface area contributed by atoms with Crippen LogP contribution in [0.5, 0.6) is 0 Å². The number of benzene rings is 2. The van der Waals surface area contributed by atoms with Crippen LogP contribution in [0, 0.1) is 0 Å². The Hall–Kier alpha value is -2.18. The molecular formula is C21H26N2O3S. The highest BCUT2D eigenvalue weighted by atomic mass is 32.2. The molecule has 27 heavy (non-hydrogen) atoms. The van der Waals surface area contributed by atoms with E-state index in [9.17, 15) is 13.2 Å². The van der Waals surface area contributed by atoms with E-state index < -0.39 is 9.84 Å². The fourth-order valence-corrected chi connectivity index (χ4v) is 4.22. The minimum atomic E-state index is -3.23. The first-order chi connectivity index (χ1) is 13.0. The van der Waals surface area contributed by atoms with E-state index in [4.69, 9.17) is 0 Å². The molecule has 1 heterocycles. The summed E-state index contributed by atoms with van der Waals surface area (Å²) in [5, 5.41) is 2.91. The molecule has 0 saturated carbocycles. The molecule has 144 valence electrons. The van der Waals surface area contributed by atoms with Crippen molar-refractivity contribution in [3.63, 3.8) is 0 Å². The maximum atomic E-state index is 12.2. The molecule has 1 aliphatic heterocycles. The first-order valence-corrected chi connectivity index (χ1v) is 11.0. The first-order valence-electron chi connectivity index (χ1n) is 9.40. The summed E-state index contributed by atoms with van der Waals surface area (Å²) in [4.78, 5) is 14.9. The molecule has 0 saturated heterocycles. The van der Waals surface area contributed by atoms with E-state index in [0.29, 0.717) is 12.1 Å². The molecule has 2 aromatic rings. The molecule has 0 radical (unpaired) electrons. The van der Waals surface area contributed by atoms with E-state index >= 15 is 0 Å². The van der Waals surface area contributed by atoms with Gasteiger partial charge in [-0.1, -0.05) is 31.2 Å². The standard InChI is InChI=1S/C21H26N2O3S/c1-2-27(25,26)20-10-8-18(9-11-20)21(24)22-13-5-14-23-15-12-17-6-3-4-7-19(17)16-23/h3-4,6-11H,2,5,12-16H2,1H3,(H,22,24). The Morgan fingerprint density at radius 1 is 1.07 bits per heavy atom. The smallest absolute Gasteiger partial charge is 0.251 e. The lowest BCUT2D eigenvalue weighted by Crippen LogP contribution is -2.33. The van der Waals surface area contributed by atoms with Crippen LogP contribution in [0.2, 0.25) is 0 Å². The second kappa shape index (κ2) is 8.67. The van der Waals surface area contributed by atoms with Gasteiger partial charge in [-0.3, -0.25) is 9.69 Å². The van der Waals surface area contributed by atoms with Crippen LogP contribution in [-0.2, 0) is 22.8 Å². The number of amides is 1. The second-order valence-electron chi connectivity index (χ2n) is 6.83. The van der Waals surface area contributed by atoms with Gasteiger partial charge in [0.05, 0.1) is 10.6 Å². The van der Waals surface area contributed by atoms with Crippen molar-refractivity contribution >= 4 is 15.7 Å². The molecule has 5 nitrogen and oxygen atoms in total. The largest absolute Gasteiger partial charge is 0.352 e. The highest BCUT2D eigenvalue weighted by Gasteiger charge is 2.15. The Labute approximate surface area is 161 Å². The molecule has 1 N–H and O–H groups in total. The van der Waals surface area contributed by atoms with Crippen molar-refractivity contribution in [2.75, 3.05) is 25.4 Å². The van der Waals surface area contributed by atoms with Gasteiger partial charge < -0.3 is 5.32 Å². The van der Waals surface area contributed by atoms with Gasteiger partial charge in [-0.15, -0.1) is 0 Å². The lowest BCUT2D eigenvalue weighted by Gasteiger charge is -2.28. The fourth-order valence-electron chi connectivity index (χ4n) is 3.33. The molecule has 1 aliphatic rings. The average molecular weight is 387 g/mol. The Morgan fingerprint density at radius 2 is 1.78 bits per heavy atom. The fraction of sp³-hybridized carbons (Fsp3) is 0.381. The zero-order valence-corrected chi connectivity index (χ0v) is 16.5. The zero-order valence-electron chi connectivity index (χ0n) is 15.6. The maximum absolute atomic E-state index is 12.2. The minimum absolute atomic E-state index is 0.0551. The van der Waals surface area contributed by atoms with Crippen LogP contribution in [0.1, 0.15) is 34.8 Å². The average Bonchev–Trinajstić information content (AvgIpc) is 2.71. The van der Waals surface area contributed by atoms with Crippen molar-refractivity contribution in [2.24, 2.45) is 0 Å². The zero-order chi connectivity index (χ0) is 19.3. The number of hydrogen-bond donors (Lipinski definition) is 1. The van der Waals surface area contributed by atoms with Gasteiger partial charge in [-0.05, 0) is 48.2 Å². The number of nitrogens with one attached hydrogen (secondary N) is 1. The Morgan fingerprint density at radius 3 is 2.48 bits per heavy atom. The minimum Gasteiger partial charge on any atom is -0.352 e. The molecule has 0 bridgehead atoms. The van der Waals surface area contributed by atoms with Gasteiger partial charge in [-0.2, -0.15) is 0 Å². The van der Waals surface area contributed by atoms with Gasteiger partial charge in [-0.25, -0.2) is 8.42 Å². The highest BCUT2D eigenvalue weighted by Crippen LogP contribution is 2.18. The molecule has 2 aromatic carbocycles.